The van der Waals surface area contributed by atoms with Gasteiger partial charge in [-0.2, -0.15) is 0 Å². The summed E-state index contributed by atoms with van der Waals surface area (Å²) in [6, 6.07) is 5.08. The number of halogens is 1. The second kappa shape index (κ2) is 15.5. The molecular formula is C23H35ClN2O8. The predicted molar refractivity (Wildman–Crippen MR) is 128 cm³/mol. The van der Waals surface area contributed by atoms with Crippen LogP contribution in [-0.4, -0.2) is 49.3 Å². The number of esters is 1. The molecule has 0 saturated heterocycles. The molecule has 1 unspecified atom stereocenters. The van der Waals surface area contributed by atoms with Crippen LogP contribution in [0.25, 0.3) is 6.08 Å². The van der Waals surface area contributed by atoms with Gasteiger partial charge in [0.15, 0.2) is 17.8 Å². The Morgan fingerprint density at radius 1 is 1.24 bits per heavy atom. The Bertz CT molecular complexity index is 799. The maximum Gasteiger partial charge on any atom is 0.311 e. The molecule has 1 aromatic carbocycles. The summed E-state index contributed by atoms with van der Waals surface area (Å²) in [7, 11) is 1.49. The second-order valence-electron chi connectivity index (χ2n) is 8.21. The maximum absolute atomic E-state index is 12.6. The molecule has 0 spiro atoms. The number of unbranched alkanes of at least 4 members (excludes halogenated alkanes) is 1. The first-order valence-electron chi connectivity index (χ1n) is 11.2. The number of aliphatic hydroxyl groups excluding tert-OH is 1. The van der Waals surface area contributed by atoms with Gasteiger partial charge in [-0.3, -0.25) is 4.79 Å². The lowest BCUT2D eigenvalue weighted by molar-refractivity contribution is -0.757. The summed E-state index contributed by atoms with van der Waals surface area (Å²) in [6.45, 7) is 0.696. The lowest BCUT2D eigenvalue weighted by Gasteiger charge is -2.35. The van der Waals surface area contributed by atoms with Crippen molar-refractivity contribution in [3.63, 3.8) is 0 Å². The van der Waals surface area contributed by atoms with E-state index in [1.54, 1.807) is 24.3 Å². The van der Waals surface area contributed by atoms with E-state index in [2.05, 4.69) is 4.84 Å². The summed E-state index contributed by atoms with van der Waals surface area (Å²) in [4.78, 5) is 26.8. The zero-order chi connectivity index (χ0) is 24.1. The van der Waals surface area contributed by atoms with Crippen LogP contribution in [0.3, 0.4) is 0 Å². The minimum atomic E-state index is -1.13. The minimum Gasteiger partial charge on any atom is -0.493 e. The molecule has 11 heteroatoms. The van der Waals surface area contributed by atoms with Gasteiger partial charge in [-0.25, -0.2) is 0 Å². The van der Waals surface area contributed by atoms with Crippen LogP contribution in [0.5, 0.6) is 11.5 Å². The monoisotopic (exact) mass is 502 g/mol. The third-order valence-electron chi connectivity index (χ3n) is 5.76. The van der Waals surface area contributed by atoms with Gasteiger partial charge in [-0.1, -0.05) is 31.4 Å². The van der Waals surface area contributed by atoms with E-state index in [1.165, 1.54) is 19.6 Å². The van der Waals surface area contributed by atoms with Crippen LogP contribution < -0.4 is 15.2 Å². The van der Waals surface area contributed by atoms with Crippen LogP contribution in [0.1, 0.15) is 56.9 Å². The molecule has 0 radical (unpaired) electrons. The first kappa shape index (κ1) is 29.6. The molecule has 3 N–H and O–H groups in total. The number of hydrogen-bond donors (Lipinski definition) is 2. The number of ether oxygens (including phenoxy) is 3. The molecule has 0 aliphatic heterocycles. The molecule has 1 aliphatic carbocycles. The van der Waals surface area contributed by atoms with Crippen molar-refractivity contribution in [3.05, 3.63) is 40.0 Å². The number of nitrogens with zero attached hydrogens (tertiary/aromatic N) is 1. The van der Waals surface area contributed by atoms with Crippen LogP contribution in [0.15, 0.2) is 24.3 Å². The predicted octanol–water partition coefficient (Wildman–Crippen LogP) is 3.66. The van der Waals surface area contributed by atoms with Crippen molar-refractivity contribution < 1.29 is 34.0 Å². The lowest BCUT2D eigenvalue weighted by atomic mass is 9.72. The fourth-order valence-electron chi connectivity index (χ4n) is 3.89. The Balaban J connectivity index is 0.00000578. The van der Waals surface area contributed by atoms with E-state index in [-0.39, 0.29) is 43.4 Å². The van der Waals surface area contributed by atoms with E-state index < -0.39 is 11.4 Å². The van der Waals surface area contributed by atoms with Gasteiger partial charge < -0.3 is 29.9 Å². The number of aliphatic hydroxyl groups is 1. The van der Waals surface area contributed by atoms with Gasteiger partial charge in [0.2, 0.25) is 0 Å². The summed E-state index contributed by atoms with van der Waals surface area (Å²) in [5.74, 6) is 0.407. The standard InChI is InChI=1S/C23H34N2O8.ClH/c1-30-20-15-18(8-10-21(26)31-13-5-6-14-32-25(28)29)7-9-19(20)33-22(27)16-23(17-24)11-3-2-4-12-23;/h7-10,15,21,26H,2-6,11-14,16-17,24H2,1H3;1H/b10-8+;. The molecule has 34 heavy (non-hydrogen) atoms. The van der Waals surface area contributed by atoms with Crippen molar-refractivity contribution in [2.75, 3.05) is 26.9 Å². The Labute approximate surface area is 205 Å². The van der Waals surface area contributed by atoms with E-state index in [1.807, 2.05) is 0 Å². The van der Waals surface area contributed by atoms with E-state index in [0.29, 0.717) is 30.9 Å². The van der Waals surface area contributed by atoms with Crippen molar-refractivity contribution in [1.82, 2.24) is 0 Å². The van der Waals surface area contributed by atoms with Crippen molar-refractivity contribution >= 4 is 24.5 Å². The van der Waals surface area contributed by atoms with E-state index in [4.69, 9.17) is 19.9 Å². The van der Waals surface area contributed by atoms with Crippen LogP contribution in [0.4, 0.5) is 0 Å². The third kappa shape index (κ3) is 10.3. The molecule has 1 atom stereocenters. The molecule has 0 heterocycles. The molecule has 0 bridgehead atoms. The van der Waals surface area contributed by atoms with Crippen LogP contribution in [-0.2, 0) is 14.4 Å². The first-order chi connectivity index (χ1) is 15.9. The average Bonchev–Trinajstić information content (AvgIpc) is 2.80. The summed E-state index contributed by atoms with van der Waals surface area (Å²) in [5.41, 5.74) is 6.52. The highest BCUT2D eigenvalue weighted by Gasteiger charge is 2.34. The van der Waals surface area contributed by atoms with Gasteiger partial charge in [0.05, 0.1) is 26.7 Å². The second-order valence-corrected chi connectivity index (χ2v) is 8.21. The van der Waals surface area contributed by atoms with Gasteiger partial charge in [0, 0.05) is 0 Å². The third-order valence-corrected chi connectivity index (χ3v) is 5.76. The molecule has 2 rings (SSSR count). The van der Waals surface area contributed by atoms with Gasteiger partial charge in [-0.15, -0.1) is 22.5 Å². The molecule has 0 aromatic heterocycles. The number of nitrogens with two attached hydrogens (primary N) is 1. The molecule has 1 aromatic rings. The van der Waals surface area contributed by atoms with Crippen molar-refractivity contribution in [2.24, 2.45) is 11.1 Å². The molecule has 1 fully saturated rings. The molecule has 1 saturated carbocycles. The fourth-order valence-corrected chi connectivity index (χ4v) is 3.89. The Morgan fingerprint density at radius 2 is 1.94 bits per heavy atom. The summed E-state index contributed by atoms with van der Waals surface area (Å²) >= 11 is 0. The van der Waals surface area contributed by atoms with Gasteiger partial charge in [0.1, 0.15) is 0 Å². The molecule has 10 nitrogen and oxygen atoms in total. The van der Waals surface area contributed by atoms with Crippen molar-refractivity contribution in [3.8, 4) is 11.5 Å². The highest BCUT2D eigenvalue weighted by Crippen LogP contribution is 2.39. The molecular weight excluding hydrogens is 468 g/mol. The summed E-state index contributed by atoms with van der Waals surface area (Å²) in [6.07, 6.45) is 8.46. The molecule has 1 aliphatic rings. The molecule has 0 amide bonds. The lowest BCUT2D eigenvalue weighted by Crippen LogP contribution is -2.36. The normalized spacial score (nSPS) is 15.9. The zero-order valence-corrected chi connectivity index (χ0v) is 20.3. The van der Waals surface area contributed by atoms with Crippen LogP contribution in [0, 0.1) is 15.5 Å². The Kier molecular flexibility index (Phi) is 13.5. The maximum atomic E-state index is 12.6. The largest absolute Gasteiger partial charge is 0.493 e. The number of methoxy groups -OCH3 is 1. The number of carbonyl (C=O) groups is 1. The quantitative estimate of drug-likeness (QED) is 0.0971. The van der Waals surface area contributed by atoms with Crippen molar-refractivity contribution in [2.45, 2.75) is 57.7 Å². The van der Waals surface area contributed by atoms with Crippen LogP contribution in [0.2, 0.25) is 0 Å². The molecule has 192 valence electrons. The topological polar surface area (TPSA) is 143 Å². The Morgan fingerprint density at radius 3 is 2.59 bits per heavy atom. The van der Waals surface area contributed by atoms with Crippen molar-refractivity contribution in [1.29, 1.82) is 0 Å². The summed E-state index contributed by atoms with van der Waals surface area (Å²) < 4.78 is 16.2. The first-order valence-corrected chi connectivity index (χ1v) is 11.2. The summed E-state index contributed by atoms with van der Waals surface area (Å²) in [5, 5.41) is 19.1. The fraction of sp³-hybridized carbons (Fsp3) is 0.609. The van der Waals surface area contributed by atoms with Gasteiger partial charge >= 0.3 is 5.97 Å². The van der Waals surface area contributed by atoms with E-state index in [0.717, 1.165) is 31.2 Å². The van der Waals surface area contributed by atoms with E-state index in [9.17, 15) is 20.0 Å². The number of rotatable bonds is 14. The number of hydrogen-bond acceptors (Lipinski definition) is 9. The number of carbonyl (C=O) groups excluding carboxylic acids is 1. The number of benzene rings is 1. The smallest absolute Gasteiger partial charge is 0.311 e. The van der Waals surface area contributed by atoms with Crippen LogP contribution >= 0.6 is 12.4 Å². The average molecular weight is 503 g/mol. The minimum absolute atomic E-state index is 0. The van der Waals surface area contributed by atoms with Gasteiger partial charge in [0.25, 0.3) is 5.09 Å². The highest BCUT2D eigenvalue weighted by molar-refractivity contribution is 5.85. The zero-order valence-electron chi connectivity index (χ0n) is 19.5. The Hall–Kier alpha value is -2.40. The highest BCUT2D eigenvalue weighted by atomic mass is 35.5. The van der Waals surface area contributed by atoms with E-state index >= 15 is 0 Å². The SMILES string of the molecule is COc1cc(/C=C/C(O)OCCCCO[N+](=O)[O-])ccc1OC(=O)CC1(CN)CCCCC1.Cl. The van der Waals surface area contributed by atoms with Gasteiger partial charge in [-0.05, 0) is 61.4 Å².